The molecule has 28 heavy (non-hydrogen) atoms. The number of nitrogens with zero attached hydrogens (tertiary/aromatic N) is 1. The molecule has 8 nitrogen and oxygen atoms in total. The Kier molecular flexibility index (Phi) is 4.52. The van der Waals surface area contributed by atoms with E-state index in [1.54, 1.807) is 48.5 Å². The van der Waals surface area contributed by atoms with E-state index in [4.69, 9.17) is 0 Å². The minimum absolute atomic E-state index is 0.178. The van der Waals surface area contributed by atoms with Crippen LogP contribution in [0.3, 0.4) is 0 Å². The molecule has 1 fully saturated rings. The maximum atomic E-state index is 12.1. The van der Waals surface area contributed by atoms with E-state index in [0.717, 1.165) is 5.56 Å². The van der Waals surface area contributed by atoms with Gasteiger partial charge in [0, 0.05) is 18.3 Å². The average molecular weight is 398 g/mol. The zero-order valence-electron chi connectivity index (χ0n) is 14.8. The monoisotopic (exact) mass is 398 g/mol. The van der Waals surface area contributed by atoms with Crippen LogP contribution in [0.5, 0.6) is 0 Å². The Hall–Kier alpha value is -3.33. The molecule has 0 atom stereocenters. The van der Waals surface area contributed by atoms with Gasteiger partial charge in [-0.1, -0.05) is 12.1 Å². The summed E-state index contributed by atoms with van der Waals surface area (Å²) in [6, 6.07) is 12.1. The van der Waals surface area contributed by atoms with Gasteiger partial charge in [0.25, 0.3) is 0 Å². The van der Waals surface area contributed by atoms with Gasteiger partial charge in [0.15, 0.2) is 0 Å². The van der Waals surface area contributed by atoms with E-state index in [0.29, 0.717) is 35.4 Å². The summed E-state index contributed by atoms with van der Waals surface area (Å²) < 4.78 is 25.3. The summed E-state index contributed by atoms with van der Waals surface area (Å²) in [5.41, 5.74) is 2.95. The normalized spacial score (nSPS) is 16.1. The number of fused-ring (bicyclic) bond motifs is 1. The van der Waals surface area contributed by atoms with Gasteiger partial charge in [-0.05, 0) is 48.4 Å². The van der Waals surface area contributed by atoms with E-state index in [1.165, 1.54) is 10.4 Å². The van der Waals surface area contributed by atoms with Crippen LogP contribution in [0.2, 0.25) is 0 Å². The Morgan fingerprint density at radius 3 is 2.54 bits per heavy atom. The van der Waals surface area contributed by atoms with E-state index < -0.39 is 10.0 Å². The maximum Gasteiger partial charge on any atom is 0.323 e. The molecule has 0 unspecified atom stereocenters. The lowest BCUT2D eigenvalue weighted by Gasteiger charge is -2.16. The molecule has 144 valence electrons. The number of rotatable bonds is 4. The number of carbonyl (C=O) groups is 1. The Bertz CT molecular complexity index is 1220. The molecule has 1 aromatic heterocycles. The summed E-state index contributed by atoms with van der Waals surface area (Å²) in [5.74, 6) is -0.138. The van der Waals surface area contributed by atoms with Crippen molar-refractivity contribution in [2.75, 3.05) is 21.9 Å². The second kappa shape index (κ2) is 7.01. The molecule has 3 aromatic rings. The van der Waals surface area contributed by atoms with Crippen LogP contribution in [0.1, 0.15) is 12.0 Å². The fourth-order valence-electron chi connectivity index (χ4n) is 3.15. The van der Waals surface area contributed by atoms with Crippen LogP contribution in [-0.2, 0) is 14.8 Å². The third kappa shape index (κ3) is 3.70. The summed E-state index contributed by atoms with van der Waals surface area (Å²) in [4.78, 5) is 28.7. The molecule has 1 aliphatic heterocycles. The van der Waals surface area contributed by atoms with Crippen LogP contribution in [-0.4, -0.2) is 36.6 Å². The highest BCUT2D eigenvalue weighted by Crippen LogP contribution is 2.24. The van der Waals surface area contributed by atoms with Gasteiger partial charge >= 0.3 is 5.69 Å². The summed E-state index contributed by atoms with van der Waals surface area (Å²) in [5, 5.41) is 2.73. The second-order valence-corrected chi connectivity index (χ2v) is 8.51. The van der Waals surface area contributed by atoms with Gasteiger partial charge in [0.1, 0.15) is 0 Å². The molecule has 4 rings (SSSR count). The number of carbonyl (C=O) groups excluding carboxylic acids is 1. The molecule has 1 amide bonds. The molecule has 3 N–H and O–H groups in total. The van der Waals surface area contributed by atoms with Crippen molar-refractivity contribution < 1.29 is 13.2 Å². The van der Waals surface area contributed by atoms with E-state index in [2.05, 4.69) is 15.3 Å². The van der Waals surface area contributed by atoms with E-state index in [9.17, 15) is 18.0 Å². The van der Waals surface area contributed by atoms with Gasteiger partial charge in [0.05, 0.1) is 22.5 Å². The minimum Gasteiger partial charge on any atom is -0.322 e. The number of amides is 1. The molecule has 0 radical (unpaired) electrons. The molecule has 9 heteroatoms. The minimum atomic E-state index is -3.20. The van der Waals surface area contributed by atoms with E-state index in [-0.39, 0.29) is 17.3 Å². The van der Waals surface area contributed by atoms with Gasteiger partial charge in [-0.2, -0.15) is 0 Å². The molecule has 0 saturated carbocycles. The molecule has 1 aliphatic rings. The largest absolute Gasteiger partial charge is 0.323 e. The molecular weight excluding hydrogens is 380 g/mol. The molecule has 0 bridgehead atoms. The highest BCUT2D eigenvalue weighted by Gasteiger charge is 2.28. The number of anilines is 2. The fourth-order valence-corrected chi connectivity index (χ4v) is 4.71. The van der Waals surface area contributed by atoms with Crippen molar-refractivity contribution in [2.24, 2.45) is 0 Å². The zero-order chi connectivity index (χ0) is 19.7. The smallest absolute Gasteiger partial charge is 0.322 e. The van der Waals surface area contributed by atoms with Gasteiger partial charge in [-0.25, -0.2) is 13.2 Å². The van der Waals surface area contributed by atoms with Crippen LogP contribution < -0.4 is 15.3 Å². The standard InChI is InChI=1S/C19H18N4O4S/c24-18(20-14-5-8-16-17(12-14)22-19(25)21-16)9-4-13-2-6-15(7-3-13)23-10-1-11-28(23,26)27/h2-9,12H,1,10-11H2,(H,20,24)(H2,21,22,25)/b9-4+. The van der Waals surface area contributed by atoms with Crippen molar-refractivity contribution in [1.82, 2.24) is 9.97 Å². The SMILES string of the molecule is O=C(/C=C/c1ccc(N2CCCS2(=O)=O)cc1)Nc1ccc2[nH]c(=O)[nH]c2c1. The predicted octanol–water partition coefficient (Wildman–Crippen LogP) is 2.05. The van der Waals surface area contributed by atoms with Gasteiger partial charge in [-0.15, -0.1) is 0 Å². The first kappa shape index (κ1) is 18.1. The molecule has 0 aliphatic carbocycles. The summed E-state index contributed by atoms with van der Waals surface area (Å²) in [7, 11) is -3.20. The number of aromatic nitrogens is 2. The van der Waals surface area contributed by atoms with Crippen molar-refractivity contribution in [2.45, 2.75) is 6.42 Å². The molecule has 2 aromatic carbocycles. The first-order valence-electron chi connectivity index (χ1n) is 8.72. The topological polar surface area (TPSA) is 115 Å². The second-order valence-electron chi connectivity index (χ2n) is 6.50. The maximum absolute atomic E-state index is 12.1. The van der Waals surface area contributed by atoms with Crippen molar-refractivity contribution in [3.8, 4) is 0 Å². The van der Waals surface area contributed by atoms with Crippen molar-refractivity contribution >= 4 is 44.4 Å². The van der Waals surface area contributed by atoms with Crippen LogP contribution >= 0.6 is 0 Å². The van der Waals surface area contributed by atoms with Crippen LogP contribution in [0, 0.1) is 0 Å². The number of imidazole rings is 1. The highest BCUT2D eigenvalue weighted by atomic mass is 32.2. The summed E-state index contributed by atoms with van der Waals surface area (Å²) in [6.07, 6.45) is 3.67. The lowest BCUT2D eigenvalue weighted by molar-refractivity contribution is -0.111. The van der Waals surface area contributed by atoms with Crippen molar-refractivity contribution in [3.05, 3.63) is 64.6 Å². The number of aromatic amines is 2. The third-order valence-electron chi connectivity index (χ3n) is 4.49. The number of sulfonamides is 1. The number of hydrogen-bond donors (Lipinski definition) is 3. The Labute approximate surface area is 160 Å². The zero-order valence-corrected chi connectivity index (χ0v) is 15.6. The van der Waals surface area contributed by atoms with Gasteiger partial charge in [0.2, 0.25) is 15.9 Å². The molecule has 1 saturated heterocycles. The van der Waals surface area contributed by atoms with Crippen LogP contribution in [0.15, 0.2) is 53.3 Å². The highest BCUT2D eigenvalue weighted by molar-refractivity contribution is 7.93. The van der Waals surface area contributed by atoms with E-state index >= 15 is 0 Å². The Morgan fingerprint density at radius 1 is 1.07 bits per heavy atom. The summed E-state index contributed by atoms with van der Waals surface area (Å²) >= 11 is 0. The Morgan fingerprint density at radius 2 is 1.82 bits per heavy atom. The summed E-state index contributed by atoms with van der Waals surface area (Å²) in [6.45, 7) is 0.497. The quantitative estimate of drug-likeness (QED) is 0.583. The lowest BCUT2D eigenvalue weighted by atomic mass is 10.2. The first-order chi connectivity index (χ1) is 13.4. The third-order valence-corrected chi connectivity index (χ3v) is 6.36. The van der Waals surface area contributed by atoms with Crippen LogP contribution in [0.25, 0.3) is 17.1 Å². The number of hydrogen-bond acceptors (Lipinski definition) is 4. The van der Waals surface area contributed by atoms with Gasteiger partial charge in [-0.3, -0.25) is 9.10 Å². The van der Waals surface area contributed by atoms with Crippen molar-refractivity contribution in [3.63, 3.8) is 0 Å². The van der Waals surface area contributed by atoms with Gasteiger partial charge < -0.3 is 15.3 Å². The molecule has 2 heterocycles. The number of benzene rings is 2. The number of H-pyrrole nitrogens is 2. The Balaban J connectivity index is 1.43. The predicted molar refractivity (Wildman–Crippen MR) is 109 cm³/mol. The molecular formula is C19H18N4O4S. The lowest BCUT2D eigenvalue weighted by Crippen LogP contribution is -2.24. The van der Waals surface area contributed by atoms with Crippen molar-refractivity contribution in [1.29, 1.82) is 0 Å². The van der Waals surface area contributed by atoms with Crippen LogP contribution in [0.4, 0.5) is 11.4 Å². The fraction of sp³-hybridized carbons (Fsp3) is 0.158. The number of nitrogens with one attached hydrogen (secondary N) is 3. The average Bonchev–Trinajstić information content (AvgIpc) is 3.20. The van der Waals surface area contributed by atoms with E-state index in [1.807, 2.05) is 0 Å². The first-order valence-corrected chi connectivity index (χ1v) is 10.3. The molecule has 0 spiro atoms.